The van der Waals surface area contributed by atoms with Crippen molar-refractivity contribution in [2.24, 2.45) is 0 Å². The van der Waals surface area contributed by atoms with E-state index in [9.17, 15) is 27.9 Å². The molecule has 38 heavy (non-hydrogen) atoms. The summed E-state index contributed by atoms with van der Waals surface area (Å²) in [6.07, 6.45) is -7.79. The molecule has 0 aliphatic heterocycles. The van der Waals surface area contributed by atoms with Crippen LogP contribution in [0.1, 0.15) is 23.4 Å². The number of aromatic nitrogens is 6. The Morgan fingerprint density at radius 2 is 1.79 bits per heavy atom. The molecule has 1 N–H and O–H groups in total. The number of para-hydroxylation sites is 1. The first-order valence-electron chi connectivity index (χ1n) is 11.1. The summed E-state index contributed by atoms with van der Waals surface area (Å²) >= 11 is 12.2. The van der Waals surface area contributed by atoms with E-state index in [0.29, 0.717) is 15.3 Å². The summed E-state index contributed by atoms with van der Waals surface area (Å²) in [5.74, 6) is -1.25. The average molecular weight is 571 g/mol. The van der Waals surface area contributed by atoms with E-state index in [4.69, 9.17) is 27.9 Å². The normalized spacial score (nSPS) is 12.5. The molecule has 2 aromatic heterocycles. The van der Waals surface area contributed by atoms with E-state index in [-0.39, 0.29) is 34.7 Å². The minimum absolute atomic E-state index is 0.0550. The molecule has 10 nitrogen and oxygen atoms in total. The maximum Gasteiger partial charge on any atom is 0.416 e. The summed E-state index contributed by atoms with van der Waals surface area (Å²) in [5.41, 5.74) is -0.379. The van der Waals surface area contributed by atoms with Gasteiger partial charge in [0.2, 0.25) is 5.82 Å². The number of hydrogen-bond acceptors (Lipinski definition) is 7. The summed E-state index contributed by atoms with van der Waals surface area (Å²) in [6.45, 7) is 0.141. The quantitative estimate of drug-likeness (QED) is 0.320. The number of ether oxygens (including phenoxy) is 1. The fraction of sp³-hybridized carbons (Fsp3) is 0.261. The van der Waals surface area contributed by atoms with Crippen LogP contribution in [0.25, 0.3) is 17.1 Å². The lowest BCUT2D eigenvalue weighted by Gasteiger charge is -2.15. The monoisotopic (exact) mass is 570 g/mol. The average Bonchev–Trinajstić information content (AvgIpc) is 3.41. The molecule has 0 radical (unpaired) electrons. The number of nitrogens with zero attached hydrogens (tertiary/aromatic N) is 6. The zero-order valence-electron chi connectivity index (χ0n) is 19.6. The van der Waals surface area contributed by atoms with Crippen LogP contribution in [0, 0.1) is 0 Å². The van der Waals surface area contributed by atoms with Crippen LogP contribution in [-0.2, 0) is 17.8 Å². The Morgan fingerprint density at radius 3 is 2.42 bits per heavy atom. The molecular formula is C23H19Cl2F3N6O4. The van der Waals surface area contributed by atoms with Gasteiger partial charge >= 0.3 is 17.8 Å². The highest BCUT2D eigenvalue weighted by Gasteiger charge is 2.39. The fourth-order valence-electron chi connectivity index (χ4n) is 3.47. The maximum atomic E-state index is 13.1. The molecule has 200 valence electrons. The molecule has 0 bridgehead atoms. The predicted octanol–water partition coefficient (Wildman–Crippen LogP) is 3.75. The maximum absolute atomic E-state index is 13.1. The Morgan fingerprint density at radius 1 is 1.11 bits per heavy atom. The van der Waals surface area contributed by atoms with Gasteiger partial charge in [-0.3, -0.25) is 4.57 Å². The Hall–Kier alpha value is -3.68. The standard InChI is InChI=1S/C23H19Cl2F3N6O4/c1-2-38-21(36)20-29-18(30-34(20)16-6-4-3-5-15(16)25)12-33-22(37)32(11-17(35)23(26,27)28)19(31-33)13-7-9-14(24)10-8-13/h3-10,17,35H,2,11-12H2,1H3/t17-/m0/s1. The van der Waals surface area contributed by atoms with Crippen LogP contribution in [-0.4, -0.2) is 59.1 Å². The summed E-state index contributed by atoms with van der Waals surface area (Å²) in [4.78, 5) is 29.8. The molecular weight excluding hydrogens is 552 g/mol. The minimum atomic E-state index is -4.97. The number of carbonyl (C=O) groups is 1. The second-order valence-corrected chi connectivity index (χ2v) is 8.72. The van der Waals surface area contributed by atoms with Crippen molar-refractivity contribution >= 4 is 29.2 Å². The molecule has 2 heterocycles. The number of halogens is 5. The zero-order chi connectivity index (χ0) is 27.6. The number of rotatable bonds is 8. The summed E-state index contributed by atoms with van der Waals surface area (Å²) in [6, 6.07) is 12.4. The summed E-state index contributed by atoms with van der Waals surface area (Å²) < 4.78 is 47.0. The number of carbonyl (C=O) groups excluding carboxylic acids is 1. The predicted molar refractivity (Wildman–Crippen MR) is 130 cm³/mol. The van der Waals surface area contributed by atoms with Crippen LogP contribution >= 0.6 is 23.2 Å². The van der Waals surface area contributed by atoms with Crippen LogP contribution < -0.4 is 5.69 Å². The molecule has 2 aromatic carbocycles. The first-order valence-corrected chi connectivity index (χ1v) is 11.8. The van der Waals surface area contributed by atoms with Crippen molar-refractivity contribution in [1.82, 2.24) is 29.1 Å². The largest absolute Gasteiger partial charge is 0.460 e. The molecule has 4 rings (SSSR count). The molecule has 0 unspecified atom stereocenters. The first kappa shape index (κ1) is 27.4. The van der Waals surface area contributed by atoms with Crippen molar-refractivity contribution in [3.05, 3.63) is 80.7 Å². The van der Waals surface area contributed by atoms with Crippen LogP contribution in [0.2, 0.25) is 10.0 Å². The number of esters is 1. The topological polar surface area (TPSA) is 117 Å². The number of aliphatic hydroxyl groups excluding tert-OH is 1. The van der Waals surface area contributed by atoms with Gasteiger partial charge < -0.3 is 9.84 Å². The van der Waals surface area contributed by atoms with E-state index in [1.54, 1.807) is 31.2 Å². The molecule has 0 saturated heterocycles. The van der Waals surface area contributed by atoms with Gasteiger partial charge in [0.05, 0.1) is 23.9 Å². The number of aliphatic hydroxyl groups is 1. The molecule has 0 fully saturated rings. The lowest BCUT2D eigenvalue weighted by molar-refractivity contribution is -0.207. The van der Waals surface area contributed by atoms with E-state index >= 15 is 0 Å². The highest BCUT2D eigenvalue weighted by atomic mass is 35.5. The lowest BCUT2D eigenvalue weighted by atomic mass is 10.2. The first-order chi connectivity index (χ1) is 18.0. The van der Waals surface area contributed by atoms with E-state index in [1.807, 2.05) is 0 Å². The van der Waals surface area contributed by atoms with Crippen molar-refractivity contribution in [3.63, 3.8) is 0 Å². The Kier molecular flexibility index (Phi) is 7.90. The van der Waals surface area contributed by atoms with Crippen LogP contribution in [0.5, 0.6) is 0 Å². The molecule has 0 spiro atoms. The van der Waals surface area contributed by atoms with Gasteiger partial charge in [-0.05, 0) is 43.3 Å². The SMILES string of the molecule is CCOC(=O)c1nc(Cn2nc(-c3ccc(Cl)cc3)n(C[C@H](O)C(F)(F)F)c2=O)nn1-c1ccccc1Cl. The van der Waals surface area contributed by atoms with Crippen molar-refractivity contribution in [3.8, 4) is 17.1 Å². The van der Waals surface area contributed by atoms with E-state index < -0.39 is 37.0 Å². The molecule has 0 amide bonds. The minimum Gasteiger partial charge on any atom is -0.460 e. The molecule has 0 saturated carbocycles. The second kappa shape index (κ2) is 11.0. The molecule has 1 atom stereocenters. The third kappa shape index (κ3) is 5.74. The highest BCUT2D eigenvalue weighted by Crippen LogP contribution is 2.25. The van der Waals surface area contributed by atoms with Gasteiger partial charge in [0.1, 0.15) is 6.54 Å². The highest BCUT2D eigenvalue weighted by molar-refractivity contribution is 6.32. The van der Waals surface area contributed by atoms with E-state index in [2.05, 4.69) is 15.2 Å². The van der Waals surface area contributed by atoms with Gasteiger partial charge in [-0.15, -0.1) is 10.2 Å². The zero-order valence-corrected chi connectivity index (χ0v) is 21.1. The van der Waals surface area contributed by atoms with Gasteiger partial charge in [-0.2, -0.15) is 13.2 Å². The Labute approximate surface area is 222 Å². The van der Waals surface area contributed by atoms with Crippen molar-refractivity contribution in [2.75, 3.05) is 6.61 Å². The van der Waals surface area contributed by atoms with Crippen LogP contribution in [0.4, 0.5) is 13.2 Å². The van der Waals surface area contributed by atoms with Crippen LogP contribution in [0.15, 0.2) is 53.3 Å². The number of benzene rings is 2. The van der Waals surface area contributed by atoms with Crippen molar-refractivity contribution < 1.29 is 27.8 Å². The van der Waals surface area contributed by atoms with Gasteiger partial charge in [0.25, 0.3) is 0 Å². The summed E-state index contributed by atoms with van der Waals surface area (Å²) in [7, 11) is 0. The third-order valence-corrected chi connectivity index (χ3v) is 5.81. The smallest absolute Gasteiger partial charge is 0.416 e. The molecule has 4 aromatic rings. The van der Waals surface area contributed by atoms with Crippen molar-refractivity contribution in [1.29, 1.82) is 0 Å². The van der Waals surface area contributed by atoms with Gasteiger partial charge in [0, 0.05) is 10.6 Å². The van der Waals surface area contributed by atoms with Gasteiger partial charge in [-0.25, -0.2) is 23.9 Å². The molecule has 0 aliphatic carbocycles. The molecule has 0 aliphatic rings. The summed E-state index contributed by atoms with van der Waals surface area (Å²) in [5, 5.41) is 18.7. The van der Waals surface area contributed by atoms with Gasteiger partial charge in [-0.1, -0.05) is 35.3 Å². The number of alkyl halides is 3. The van der Waals surface area contributed by atoms with Gasteiger partial charge in [0.15, 0.2) is 17.8 Å². The van der Waals surface area contributed by atoms with Crippen molar-refractivity contribution in [2.45, 2.75) is 32.3 Å². The lowest BCUT2D eigenvalue weighted by Crippen LogP contribution is -2.37. The van der Waals surface area contributed by atoms with E-state index in [1.165, 1.54) is 24.3 Å². The fourth-order valence-corrected chi connectivity index (χ4v) is 3.81. The Balaban J connectivity index is 1.79. The Bertz CT molecular complexity index is 1510. The third-order valence-electron chi connectivity index (χ3n) is 5.24. The van der Waals surface area contributed by atoms with Crippen LogP contribution in [0.3, 0.4) is 0 Å². The van der Waals surface area contributed by atoms with E-state index in [0.717, 1.165) is 9.36 Å². The molecule has 15 heteroatoms. The second-order valence-electron chi connectivity index (χ2n) is 7.87. The number of hydrogen-bond donors (Lipinski definition) is 1.